The van der Waals surface area contributed by atoms with Gasteiger partial charge in [0.05, 0.1) is 18.6 Å². The van der Waals surface area contributed by atoms with Crippen molar-refractivity contribution < 1.29 is 19.4 Å². The Labute approximate surface area is 102 Å². The average Bonchev–Trinajstić information content (AvgIpc) is 2.47. The smallest absolute Gasteiger partial charge is 0.303 e. The summed E-state index contributed by atoms with van der Waals surface area (Å²) in [5, 5.41) is 11.6. The number of carboxylic acids is 1. The average molecular weight is 243 g/mol. The number of carboxylic acid groups (broad SMARTS) is 1. The standard InChI is InChI=1S/C12H21NO4/c1-8-9(4-5-17-8)13-10(14)6-12(2,3)7-11(15)16/h8-9H,4-7H2,1-3H3,(H,13,14)(H,15,16). The molecule has 1 rings (SSSR count). The van der Waals surface area contributed by atoms with E-state index in [1.54, 1.807) is 13.8 Å². The van der Waals surface area contributed by atoms with Gasteiger partial charge in [0.1, 0.15) is 0 Å². The number of nitrogens with one attached hydrogen (secondary N) is 1. The molecule has 5 nitrogen and oxygen atoms in total. The van der Waals surface area contributed by atoms with E-state index >= 15 is 0 Å². The molecule has 0 spiro atoms. The maximum Gasteiger partial charge on any atom is 0.303 e. The van der Waals surface area contributed by atoms with Gasteiger partial charge < -0.3 is 15.2 Å². The molecule has 1 heterocycles. The highest BCUT2D eigenvalue weighted by atomic mass is 16.5. The Kier molecular flexibility index (Phi) is 4.51. The van der Waals surface area contributed by atoms with Crippen molar-refractivity contribution >= 4 is 11.9 Å². The van der Waals surface area contributed by atoms with Gasteiger partial charge in [0.25, 0.3) is 0 Å². The molecule has 98 valence electrons. The highest BCUT2D eigenvalue weighted by Gasteiger charge is 2.29. The first kappa shape index (κ1) is 14.0. The van der Waals surface area contributed by atoms with E-state index in [4.69, 9.17) is 9.84 Å². The molecule has 5 heteroatoms. The summed E-state index contributed by atoms with van der Waals surface area (Å²) in [5.41, 5.74) is -0.515. The van der Waals surface area contributed by atoms with E-state index in [1.165, 1.54) is 0 Å². The van der Waals surface area contributed by atoms with E-state index in [9.17, 15) is 9.59 Å². The number of ether oxygens (including phenoxy) is 1. The Morgan fingerprint density at radius 1 is 1.41 bits per heavy atom. The molecule has 0 bridgehead atoms. The van der Waals surface area contributed by atoms with Crippen molar-refractivity contribution in [3.63, 3.8) is 0 Å². The van der Waals surface area contributed by atoms with Crippen molar-refractivity contribution in [3.8, 4) is 0 Å². The van der Waals surface area contributed by atoms with E-state index in [0.29, 0.717) is 6.61 Å². The van der Waals surface area contributed by atoms with Crippen LogP contribution in [0.1, 0.15) is 40.0 Å². The van der Waals surface area contributed by atoms with Crippen molar-refractivity contribution in [2.45, 2.75) is 52.2 Å². The Morgan fingerprint density at radius 3 is 2.53 bits per heavy atom. The second-order valence-electron chi connectivity index (χ2n) is 5.45. The molecule has 2 unspecified atom stereocenters. The van der Waals surface area contributed by atoms with Crippen LogP contribution in [0.15, 0.2) is 0 Å². The van der Waals surface area contributed by atoms with Crippen molar-refractivity contribution in [2.24, 2.45) is 5.41 Å². The molecule has 1 aliphatic rings. The summed E-state index contributed by atoms with van der Waals surface area (Å²) in [6.07, 6.45) is 1.09. The molecule has 0 radical (unpaired) electrons. The zero-order valence-electron chi connectivity index (χ0n) is 10.7. The van der Waals surface area contributed by atoms with Gasteiger partial charge in [0.2, 0.25) is 5.91 Å². The minimum Gasteiger partial charge on any atom is -0.481 e. The van der Waals surface area contributed by atoms with Gasteiger partial charge in [-0.3, -0.25) is 9.59 Å². The number of carbonyl (C=O) groups is 2. The maximum atomic E-state index is 11.8. The molecule has 1 saturated heterocycles. The lowest BCUT2D eigenvalue weighted by molar-refractivity contribution is -0.139. The van der Waals surface area contributed by atoms with Crippen molar-refractivity contribution in [1.82, 2.24) is 5.32 Å². The summed E-state index contributed by atoms with van der Waals surface area (Å²) < 4.78 is 5.35. The van der Waals surface area contributed by atoms with Crippen LogP contribution in [-0.4, -0.2) is 35.7 Å². The zero-order chi connectivity index (χ0) is 13.1. The molecule has 0 aromatic rings. The molecule has 0 aromatic heterocycles. The topological polar surface area (TPSA) is 75.6 Å². The van der Waals surface area contributed by atoms with Gasteiger partial charge in [-0.05, 0) is 18.8 Å². The number of aliphatic carboxylic acids is 1. The van der Waals surface area contributed by atoms with E-state index in [0.717, 1.165) is 6.42 Å². The summed E-state index contributed by atoms with van der Waals surface area (Å²) in [6.45, 7) is 6.18. The summed E-state index contributed by atoms with van der Waals surface area (Å²) in [4.78, 5) is 22.4. The maximum absolute atomic E-state index is 11.8. The van der Waals surface area contributed by atoms with E-state index in [-0.39, 0.29) is 30.9 Å². The Balaban J connectivity index is 2.40. The molecular formula is C12H21NO4. The van der Waals surface area contributed by atoms with Gasteiger partial charge in [-0.2, -0.15) is 0 Å². The molecule has 1 amide bonds. The number of amides is 1. The second-order valence-corrected chi connectivity index (χ2v) is 5.45. The minimum atomic E-state index is -0.875. The lowest BCUT2D eigenvalue weighted by Crippen LogP contribution is -2.41. The van der Waals surface area contributed by atoms with Crippen LogP contribution in [0.25, 0.3) is 0 Å². The van der Waals surface area contributed by atoms with Crippen LogP contribution in [0, 0.1) is 5.41 Å². The monoisotopic (exact) mass is 243 g/mol. The molecular weight excluding hydrogens is 222 g/mol. The van der Waals surface area contributed by atoms with Crippen LogP contribution in [0.3, 0.4) is 0 Å². The van der Waals surface area contributed by atoms with Crippen molar-refractivity contribution in [1.29, 1.82) is 0 Å². The van der Waals surface area contributed by atoms with Crippen molar-refractivity contribution in [3.05, 3.63) is 0 Å². The minimum absolute atomic E-state index is 0.00284. The van der Waals surface area contributed by atoms with Gasteiger partial charge in [0.15, 0.2) is 0 Å². The van der Waals surface area contributed by atoms with Crippen LogP contribution in [0.4, 0.5) is 0 Å². The summed E-state index contributed by atoms with van der Waals surface area (Å²) in [7, 11) is 0. The third-order valence-corrected chi connectivity index (χ3v) is 2.99. The van der Waals surface area contributed by atoms with E-state index in [1.807, 2.05) is 6.92 Å². The van der Waals surface area contributed by atoms with E-state index in [2.05, 4.69) is 5.32 Å². The number of carbonyl (C=O) groups excluding carboxylic acids is 1. The van der Waals surface area contributed by atoms with Crippen LogP contribution in [0.2, 0.25) is 0 Å². The van der Waals surface area contributed by atoms with Crippen LogP contribution in [0.5, 0.6) is 0 Å². The molecule has 2 atom stereocenters. The molecule has 2 N–H and O–H groups in total. The molecule has 1 aliphatic heterocycles. The third kappa shape index (κ3) is 4.73. The number of hydrogen-bond acceptors (Lipinski definition) is 3. The number of rotatable bonds is 5. The largest absolute Gasteiger partial charge is 0.481 e. The first-order valence-corrected chi connectivity index (χ1v) is 5.93. The summed E-state index contributed by atoms with van der Waals surface area (Å²) in [6, 6.07) is 0.0585. The van der Waals surface area contributed by atoms with Gasteiger partial charge in [-0.1, -0.05) is 13.8 Å². The fraction of sp³-hybridized carbons (Fsp3) is 0.833. The third-order valence-electron chi connectivity index (χ3n) is 2.99. The van der Waals surface area contributed by atoms with Gasteiger partial charge in [-0.15, -0.1) is 0 Å². The van der Waals surface area contributed by atoms with Gasteiger partial charge >= 0.3 is 5.97 Å². The van der Waals surface area contributed by atoms with Crippen LogP contribution < -0.4 is 5.32 Å². The highest BCUT2D eigenvalue weighted by molar-refractivity contribution is 5.78. The Hall–Kier alpha value is -1.10. The van der Waals surface area contributed by atoms with Gasteiger partial charge in [-0.25, -0.2) is 0 Å². The molecule has 0 aliphatic carbocycles. The quantitative estimate of drug-likeness (QED) is 0.760. The van der Waals surface area contributed by atoms with Crippen LogP contribution in [-0.2, 0) is 14.3 Å². The first-order chi connectivity index (χ1) is 7.80. The number of hydrogen-bond donors (Lipinski definition) is 2. The van der Waals surface area contributed by atoms with Crippen LogP contribution >= 0.6 is 0 Å². The second kappa shape index (κ2) is 5.49. The summed E-state index contributed by atoms with van der Waals surface area (Å²) >= 11 is 0. The lowest BCUT2D eigenvalue weighted by Gasteiger charge is -2.23. The predicted molar refractivity (Wildman–Crippen MR) is 62.6 cm³/mol. The first-order valence-electron chi connectivity index (χ1n) is 5.93. The predicted octanol–water partition coefficient (Wildman–Crippen LogP) is 1.17. The molecule has 0 aromatic carbocycles. The fourth-order valence-corrected chi connectivity index (χ4v) is 2.09. The lowest BCUT2D eigenvalue weighted by atomic mass is 9.85. The van der Waals surface area contributed by atoms with E-state index < -0.39 is 11.4 Å². The SMILES string of the molecule is CC1OCCC1NC(=O)CC(C)(C)CC(=O)O. The molecule has 17 heavy (non-hydrogen) atoms. The summed E-state index contributed by atoms with van der Waals surface area (Å²) in [5.74, 6) is -0.973. The molecule has 0 saturated carbocycles. The Bertz CT molecular complexity index is 301. The fourth-order valence-electron chi connectivity index (χ4n) is 2.09. The normalized spacial score (nSPS) is 24.6. The molecule has 1 fully saturated rings. The zero-order valence-corrected chi connectivity index (χ0v) is 10.7. The Morgan fingerprint density at radius 2 is 2.06 bits per heavy atom. The van der Waals surface area contributed by atoms with Crippen molar-refractivity contribution in [2.75, 3.05) is 6.61 Å². The highest BCUT2D eigenvalue weighted by Crippen LogP contribution is 2.25. The van der Waals surface area contributed by atoms with Gasteiger partial charge in [0, 0.05) is 13.0 Å².